The number of nitrogens with one attached hydrogen (secondary N) is 1. The molecule has 3 saturated carbocycles. The fourth-order valence-corrected chi connectivity index (χ4v) is 8.04. The summed E-state index contributed by atoms with van der Waals surface area (Å²) < 4.78 is 18.6. The van der Waals surface area contributed by atoms with Gasteiger partial charge < -0.3 is 24.5 Å². The summed E-state index contributed by atoms with van der Waals surface area (Å²) in [5.41, 5.74) is 2.08. The number of pyridine rings is 1. The van der Waals surface area contributed by atoms with Gasteiger partial charge in [0.25, 0.3) is 0 Å². The third kappa shape index (κ3) is 6.92. The van der Waals surface area contributed by atoms with Crippen LogP contribution in [0.25, 0.3) is 22.2 Å². The Hall–Kier alpha value is -3.63. The summed E-state index contributed by atoms with van der Waals surface area (Å²) in [4.78, 5) is 33.8. The minimum absolute atomic E-state index is 0.0544. The highest BCUT2D eigenvalue weighted by atomic mass is 16.6. The second-order valence-corrected chi connectivity index (χ2v) is 15.6. The van der Waals surface area contributed by atoms with Gasteiger partial charge >= 0.3 is 13.2 Å². The molecule has 2 heterocycles. The molecule has 256 valence electrons. The summed E-state index contributed by atoms with van der Waals surface area (Å²) in [6.45, 7) is 14.4. The van der Waals surface area contributed by atoms with Crippen LogP contribution in [-0.2, 0) is 14.2 Å². The van der Waals surface area contributed by atoms with Crippen LogP contribution >= 0.6 is 0 Å². The summed E-state index contributed by atoms with van der Waals surface area (Å²) in [5, 5.41) is 15.1. The van der Waals surface area contributed by atoms with Gasteiger partial charge in [0.05, 0.1) is 23.7 Å². The maximum Gasteiger partial charge on any atom is 0.478 e. The first-order valence-electron chi connectivity index (χ1n) is 17.5. The Bertz CT molecular complexity index is 1630. The van der Waals surface area contributed by atoms with Crippen molar-refractivity contribution in [3.63, 3.8) is 0 Å². The second-order valence-electron chi connectivity index (χ2n) is 15.6. The molecule has 3 aliphatic carbocycles. The number of likely N-dealkylation sites (tertiary alicyclic amines) is 1. The molecule has 1 aliphatic heterocycles. The zero-order valence-electron chi connectivity index (χ0n) is 29.3. The van der Waals surface area contributed by atoms with Crippen LogP contribution in [0.2, 0.25) is 0 Å². The van der Waals surface area contributed by atoms with E-state index in [1.165, 1.54) is 11.3 Å². The fourth-order valence-electron chi connectivity index (χ4n) is 8.04. The Morgan fingerprint density at radius 1 is 1.08 bits per heavy atom. The Morgan fingerprint density at radius 2 is 1.79 bits per heavy atom. The predicted octanol–water partition coefficient (Wildman–Crippen LogP) is 6.66. The Labute approximate surface area is 284 Å². The van der Waals surface area contributed by atoms with E-state index in [0.29, 0.717) is 35.3 Å². The van der Waals surface area contributed by atoms with E-state index in [0.717, 1.165) is 28.6 Å². The van der Waals surface area contributed by atoms with Crippen molar-refractivity contribution >= 4 is 30.0 Å². The van der Waals surface area contributed by atoms with Crippen LogP contribution < -0.4 is 10.1 Å². The van der Waals surface area contributed by atoms with E-state index >= 15 is 0 Å². The largest absolute Gasteiger partial charge is 0.488 e. The number of rotatable bonds is 9. The van der Waals surface area contributed by atoms with Crippen LogP contribution in [0.5, 0.6) is 5.75 Å². The number of nitrogens with zero attached hydrogens (tertiary/aromatic N) is 2. The van der Waals surface area contributed by atoms with Gasteiger partial charge in [0.1, 0.15) is 23.5 Å². The Balaban J connectivity index is 1.19. The first-order valence-corrected chi connectivity index (χ1v) is 17.5. The van der Waals surface area contributed by atoms with Gasteiger partial charge in [-0.05, 0) is 75.3 Å². The van der Waals surface area contributed by atoms with Crippen molar-refractivity contribution in [1.82, 2.24) is 15.2 Å². The number of fused-ring (bicyclic) bond motifs is 3. The lowest BCUT2D eigenvalue weighted by Crippen LogP contribution is -2.60. The Kier molecular flexibility index (Phi) is 9.53. The first-order chi connectivity index (χ1) is 22.7. The summed E-state index contributed by atoms with van der Waals surface area (Å²) in [6, 6.07) is 18.8. The number of amides is 2. The number of hydrogen-bond acceptors (Lipinski definition) is 7. The smallest absolute Gasteiger partial charge is 0.478 e. The maximum atomic E-state index is 14.0. The third-order valence-corrected chi connectivity index (χ3v) is 10.9. The normalized spacial score (nSPS) is 26.8. The molecule has 0 radical (unpaired) electrons. The van der Waals surface area contributed by atoms with Gasteiger partial charge in [-0.25, -0.2) is 9.78 Å². The summed E-state index contributed by atoms with van der Waals surface area (Å²) in [5.74, 6) is 1.12. The quantitative estimate of drug-likeness (QED) is 0.248. The average molecular weight is 656 g/mol. The molecule has 1 aromatic heterocycles. The van der Waals surface area contributed by atoms with Crippen molar-refractivity contribution in [2.24, 2.45) is 23.2 Å². The molecule has 2 bridgehead atoms. The summed E-state index contributed by atoms with van der Waals surface area (Å²) in [7, 11) is -1.16. The second kappa shape index (κ2) is 13.4. The van der Waals surface area contributed by atoms with Gasteiger partial charge in [-0.2, -0.15) is 0 Å². The molecule has 1 saturated heterocycles. The molecule has 3 aromatic rings. The van der Waals surface area contributed by atoms with Gasteiger partial charge in [-0.3, -0.25) is 9.69 Å². The van der Waals surface area contributed by atoms with Crippen LogP contribution in [0.4, 0.5) is 4.79 Å². The maximum absolute atomic E-state index is 14.0. The lowest BCUT2D eigenvalue weighted by molar-refractivity contribution is -0.151. The molecule has 10 heteroatoms. The number of hydrogen-bond donors (Lipinski definition) is 2. The molecule has 7 rings (SSSR count). The molecular weight excluding hydrogens is 605 g/mol. The molecule has 2 N–H and O–H groups in total. The zero-order valence-corrected chi connectivity index (χ0v) is 29.3. The van der Waals surface area contributed by atoms with Crippen molar-refractivity contribution in [3.8, 4) is 17.0 Å². The van der Waals surface area contributed by atoms with Crippen molar-refractivity contribution < 1.29 is 28.7 Å². The zero-order chi connectivity index (χ0) is 34.4. The van der Waals surface area contributed by atoms with E-state index in [1.54, 1.807) is 20.8 Å². The van der Waals surface area contributed by atoms with Crippen molar-refractivity contribution in [1.29, 1.82) is 0 Å². The number of para-hydroxylation sites is 1. The van der Waals surface area contributed by atoms with E-state index in [2.05, 4.69) is 26.1 Å². The van der Waals surface area contributed by atoms with Crippen LogP contribution in [0.1, 0.15) is 74.1 Å². The monoisotopic (exact) mass is 655 g/mol. The van der Waals surface area contributed by atoms with Crippen molar-refractivity contribution in [2.45, 2.75) is 104 Å². The lowest BCUT2D eigenvalue weighted by Gasteiger charge is -2.62. The molecule has 0 unspecified atom stereocenters. The predicted molar refractivity (Wildman–Crippen MR) is 187 cm³/mol. The van der Waals surface area contributed by atoms with E-state index < -0.39 is 36.9 Å². The van der Waals surface area contributed by atoms with Gasteiger partial charge in [0.2, 0.25) is 5.91 Å². The number of ether oxygens (including phenoxy) is 2. The summed E-state index contributed by atoms with van der Waals surface area (Å²) in [6.07, 6.45) is 1.73. The van der Waals surface area contributed by atoms with Gasteiger partial charge in [0.15, 0.2) is 0 Å². The first kappa shape index (κ1) is 34.2. The van der Waals surface area contributed by atoms with E-state index in [4.69, 9.17) is 19.1 Å². The highest BCUT2D eigenvalue weighted by molar-refractivity contribution is 6.45. The number of aromatic nitrogens is 1. The van der Waals surface area contributed by atoms with Crippen LogP contribution in [0.3, 0.4) is 0 Å². The fraction of sp³-hybridized carbons (Fsp3) is 0.553. The highest BCUT2D eigenvalue weighted by Crippen LogP contribution is 2.61. The van der Waals surface area contributed by atoms with E-state index in [9.17, 15) is 14.6 Å². The number of carbonyl (C=O) groups is 2. The SMILES string of the molecule is CC[C@H](NC(=O)[C@@H]1C[C@@H](Oc2cc(-c3ccccc3)nc3ccccc23)CN1C(=O)OC(C)(C)C)B(O)O[C@@H]1C[C@@H]2C[C@H]([C@H]1C)C2(C)C. The molecule has 2 aromatic carbocycles. The van der Waals surface area contributed by atoms with Crippen molar-refractivity contribution in [3.05, 3.63) is 60.7 Å². The van der Waals surface area contributed by atoms with E-state index in [-0.39, 0.29) is 25.0 Å². The number of carbonyl (C=O) groups excluding carboxylic acids is 2. The molecule has 0 spiro atoms. The van der Waals surface area contributed by atoms with Crippen LogP contribution in [-0.4, -0.2) is 70.4 Å². The molecule has 7 atom stereocenters. The molecule has 9 nitrogen and oxygen atoms in total. The minimum Gasteiger partial charge on any atom is -0.488 e. The number of benzene rings is 2. The van der Waals surface area contributed by atoms with Gasteiger partial charge in [-0.1, -0.05) is 70.2 Å². The highest BCUT2D eigenvalue weighted by Gasteiger charge is 2.57. The topological polar surface area (TPSA) is 110 Å². The third-order valence-electron chi connectivity index (χ3n) is 10.9. The average Bonchev–Trinajstić information content (AvgIpc) is 3.48. The molecule has 2 amide bonds. The minimum atomic E-state index is -1.16. The van der Waals surface area contributed by atoms with Crippen molar-refractivity contribution in [2.75, 3.05) is 6.54 Å². The molecular formula is C38H50BN3O6. The standard InChI is InChI=1S/C38H50BN3O6/c1-8-34(39(45)48-32-19-25-18-28(23(32)2)38(25,6)7)41-35(43)31-20-26(22-42(31)36(44)47-37(3,4)5)46-33-21-30(24-14-10-9-11-15-24)40-29-17-13-12-16-27(29)33/h9-17,21,23,25-26,28,31-32,34,45H,8,18-20,22H2,1-7H3,(H,41,43)/t23-,25+,26-,28-,31+,32-,34+/m1/s1. The van der Waals surface area contributed by atoms with Gasteiger partial charge in [0, 0.05) is 29.5 Å². The van der Waals surface area contributed by atoms with E-state index in [1.807, 2.05) is 67.6 Å². The summed E-state index contributed by atoms with van der Waals surface area (Å²) >= 11 is 0. The van der Waals surface area contributed by atoms with Gasteiger partial charge in [-0.15, -0.1) is 0 Å². The molecule has 4 fully saturated rings. The lowest BCUT2D eigenvalue weighted by atomic mass is 9.45. The Morgan fingerprint density at radius 3 is 2.46 bits per heavy atom. The molecule has 48 heavy (non-hydrogen) atoms. The molecule has 4 aliphatic rings. The van der Waals surface area contributed by atoms with Crippen LogP contribution in [0.15, 0.2) is 60.7 Å². The van der Waals surface area contributed by atoms with Crippen LogP contribution in [0, 0.1) is 23.2 Å².